The van der Waals surface area contributed by atoms with E-state index in [1.807, 2.05) is 70.2 Å². The van der Waals surface area contributed by atoms with Crippen LogP contribution < -0.4 is 4.74 Å². The third kappa shape index (κ3) is 4.25. The zero-order valence-electron chi connectivity index (χ0n) is 16.5. The van der Waals surface area contributed by atoms with Gasteiger partial charge in [0.15, 0.2) is 0 Å². The van der Waals surface area contributed by atoms with E-state index >= 15 is 0 Å². The molecule has 3 rings (SSSR count). The maximum Gasteiger partial charge on any atom is 0.131 e. The molecule has 0 radical (unpaired) electrons. The second-order valence-corrected chi connectivity index (χ2v) is 7.93. The van der Waals surface area contributed by atoms with Crippen LogP contribution in [0.2, 0.25) is 0 Å². The number of aliphatic hydroxyl groups is 1. The zero-order valence-corrected chi connectivity index (χ0v) is 16.5. The van der Waals surface area contributed by atoms with Gasteiger partial charge in [-0.2, -0.15) is 0 Å². The number of rotatable bonds is 4. The molecule has 0 aliphatic carbocycles. The molecule has 3 nitrogen and oxygen atoms in total. The van der Waals surface area contributed by atoms with Gasteiger partial charge in [-0.05, 0) is 51.3 Å². The highest BCUT2D eigenvalue weighted by molar-refractivity contribution is 5.75. The van der Waals surface area contributed by atoms with Crippen molar-refractivity contribution in [1.82, 2.24) is 0 Å². The van der Waals surface area contributed by atoms with Crippen molar-refractivity contribution in [3.63, 3.8) is 0 Å². The smallest absolute Gasteiger partial charge is 0.131 e. The van der Waals surface area contributed by atoms with E-state index in [0.717, 1.165) is 22.3 Å². The number of aliphatic hydroxyl groups excluding tert-OH is 1. The van der Waals surface area contributed by atoms with Crippen LogP contribution in [0.3, 0.4) is 0 Å². The number of fused-ring (bicyclic) bond motifs is 1. The van der Waals surface area contributed by atoms with Gasteiger partial charge in [-0.15, -0.1) is 0 Å². The third-order valence-electron chi connectivity index (χ3n) is 5.03. The molecular formula is C24H28O3. The summed E-state index contributed by atoms with van der Waals surface area (Å²) in [6.45, 7) is 7.84. The lowest BCUT2D eigenvalue weighted by Crippen LogP contribution is -2.46. The Morgan fingerprint density at radius 3 is 2.56 bits per heavy atom. The lowest BCUT2D eigenvalue weighted by Gasteiger charge is -2.38. The van der Waals surface area contributed by atoms with Crippen molar-refractivity contribution in [2.75, 3.05) is 0 Å². The second-order valence-electron chi connectivity index (χ2n) is 7.93. The highest BCUT2D eigenvalue weighted by atomic mass is 16.5. The molecule has 1 atom stereocenters. The minimum atomic E-state index is -0.694. The first-order valence-electron chi connectivity index (χ1n) is 9.39. The summed E-state index contributed by atoms with van der Waals surface area (Å²) in [5.74, 6) is 0.932. The maximum absolute atomic E-state index is 10.7. The van der Waals surface area contributed by atoms with Crippen molar-refractivity contribution < 1.29 is 14.9 Å². The van der Waals surface area contributed by atoms with Crippen molar-refractivity contribution in [2.45, 2.75) is 52.2 Å². The fourth-order valence-corrected chi connectivity index (χ4v) is 3.26. The van der Waals surface area contributed by atoms with Crippen LogP contribution in [-0.2, 0) is 12.8 Å². The number of hydrogen-bond acceptors (Lipinski definition) is 3. The van der Waals surface area contributed by atoms with Crippen LogP contribution in [0.1, 0.15) is 49.9 Å². The summed E-state index contributed by atoms with van der Waals surface area (Å²) in [6.07, 6.45) is 6.57. The van der Waals surface area contributed by atoms with Gasteiger partial charge >= 0.3 is 0 Å². The van der Waals surface area contributed by atoms with E-state index in [4.69, 9.17) is 4.74 Å². The molecule has 2 aromatic rings. The fourth-order valence-electron chi connectivity index (χ4n) is 3.26. The number of phenolic OH excluding ortho intramolecular Hbond substituents is 1. The van der Waals surface area contributed by atoms with Gasteiger partial charge in [0.2, 0.25) is 0 Å². The minimum Gasteiger partial charge on any atom is -0.507 e. The first-order valence-corrected chi connectivity index (χ1v) is 9.39. The van der Waals surface area contributed by atoms with Gasteiger partial charge in [0.05, 0.1) is 6.10 Å². The summed E-state index contributed by atoms with van der Waals surface area (Å²) in [5, 5.41) is 21.2. The molecule has 0 bridgehead atoms. The molecular weight excluding hydrogens is 336 g/mol. The molecule has 2 N–H and O–H groups in total. The molecule has 0 spiro atoms. The van der Waals surface area contributed by atoms with E-state index in [2.05, 4.69) is 6.08 Å². The van der Waals surface area contributed by atoms with Crippen LogP contribution in [0.5, 0.6) is 11.5 Å². The maximum atomic E-state index is 10.7. The molecule has 0 amide bonds. The Balaban J connectivity index is 2.09. The van der Waals surface area contributed by atoms with Crippen LogP contribution >= 0.6 is 0 Å². The van der Waals surface area contributed by atoms with Crippen LogP contribution in [0, 0.1) is 0 Å². The molecule has 3 heteroatoms. The van der Waals surface area contributed by atoms with Gasteiger partial charge in [0.25, 0.3) is 0 Å². The van der Waals surface area contributed by atoms with Gasteiger partial charge in [-0.3, -0.25) is 0 Å². The standard InChI is InChI=1S/C24H28O3/c1-16(2)10-13-19-21(25)14-18(12-11-17-8-6-5-7-9-17)20-15-22(26)24(3,4)27-23(19)20/h5-12,14,22,25-26H,13,15H2,1-4H3/t22-/m1/s1. The molecule has 0 unspecified atom stereocenters. The van der Waals surface area contributed by atoms with E-state index < -0.39 is 11.7 Å². The molecule has 1 aliphatic heterocycles. The molecule has 0 saturated carbocycles. The van der Waals surface area contributed by atoms with E-state index in [1.54, 1.807) is 6.07 Å². The van der Waals surface area contributed by atoms with Crippen LogP contribution in [0.4, 0.5) is 0 Å². The minimum absolute atomic E-state index is 0.228. The fraction of sp³-hybridized carbons (Fsp3) is 0.333. The molecule has 2 aromatic carbocycles. The molecule has 0 saturated heterocycles. The highest BCUT2D eigenvalue weighted by Crippen LogP contribution is 2.43. The Bertz CT molecular complexity index is 872. The molecule has 0 fully saturated rings. The predicted octanol–water partition coefficient (Wildman–Crippen LogP) is 5.15. The van der Waals surface area contributed by atoms with E-state index in [9.17, 15) is 10.2 Å². The van der Waals surface area contributed by atoms with Crippen molar-refractivity contribution >= 4 is 12.2 Å². The number of phenols is 1. The summed E-state index contributed by atoms with van der Waals surface area (Å²) in [4.78, 5) is 0. The first-order chi connectivity index (χ1) is 12.8. The lowest BCUT2D eigenvalue weighted by atomic mass is 9.86. The van der Waals surface area contributed by atoms with Crippen molar-refractivity contribution in [3.8, 4) is 11.5 Å². The Morgan fingerprint density at radius 2 is 1.89 bits per heavy atom. The average Bonchev–Trinajstić information content (AvgIpc) is 2.61. The van der Waals surface area contributed by atoms with Gasteiger partial charge in [0, 0.05) is 17.5 Å². The number of allylic oxidation sites excluding steroid dienone is 2. The van der Waals surface area contributed by atoms with Crippen molar-refractivity contribution in [1.29, 1.82) is 0 Å². The average molecular weight is 364 g/mol. The normalized spacial score (nSPS) is 18.0. The number of aromatic hydroxyl groups is 1. The molecule has 0 aromatic heterocycles. The van der Waals surface area contributed by atoms with Crippen LogP contribution in [0.15, 0.2) is 48.0 Å². The predicted molar refractivity (Wildman–Crippen MR) is 111 cm³/mol. The van der Waals surface area contributed by atoms with Gasteiger partial charge in [-0.25, -0.2) is 0 Å². The zero-order chi connectivity index (χ0) is 19.6. The second kappa shape index (κ2) is 7.61. The molecule has 142 valence electrons. The lowest BCUT2D eigenvalue weighted by molar-refractivity contribution is -0.0418. The molecule has 27 heavy (non-hydrogen) atoms. The summed E-state index contributed by atoms with van der Waals surface area (Å²) < 4.78 is 6.20. The summed E-state index contributed by atoms with van der Waals surface area (Å²) in [6, 6.07) is 11.8. The van der Waals surface area contributed by atoms with Crippen molar-refractivity contribution in [3.05, 3.63) is 70.3 Å². The first kappa shape index (κ1) is 19.2. The molecule has 1 aliphatic rings. The Kier molecular flexibility index (Phi) is 5.43. The monoisotopic (exact) mass is 364 g/mol. The van der Waals surface area contributed by atoms with Gasteiger partial charge < -0.3 is 14.9 Å². The summed E-state index contributed by atoms with van der Waals surface area (Å²) >= 11 is 0. The Labute approximate surface area is 161 Å². The van der Waals surface area contributed by atoms with E-state index in [0.29, 0.717) is 18.6 Å². The number of benzene rings is 2. The number of hydrogen-bond donors (Lipinski definition) is 2. The van der Waals surface area contributed by atoms with Gasteiger partial charge in [0.1, 0.15) is 17.1 Å². The molecule has 1 heterocycles. The number of ether oxygens (including phenoxy) is 1. The van der Waals surface area contributed by atoms with E-state index in [1.165, 1.54) is 5.57 Å². The van der Waals surface area contributed by atoms with Crippen LogP contribution in [0.25, 0.3) is 12.2 Å². The SMILES string of the molecule is CC(C)=CCc1c(O)cc(C=Cc2ccccc2)c2c1OC(C)(C)[C@H](O)C2. The third-order valence-corrected chi connectivity index (χ3v) is 5.03. The quantitative estimate of drug-likeness (QED) is 0.583. The summed E-state index contributed by atoms with van der Waals surface area (Å²) in [7, 11) is 0. The Morgan fingerprint density at radius 1 is 1.19 bits per heavy atom. The van der Waals surface area contributed by atoms with Gasteiger partial charge in [-0.1, -0.05) is 54.1 Å². The Hall–Kier alpha value is -2.52. The van der Waals surface area contributed by atoms with E-state index in [-0.39, 0.29) is 5.75 Å². The highest BCUT2D eigenvalue weighted by Gasteiger charge is 2.38. The topological polar surface area (TPSA) is 49.7 Å². The van der Waals surface area contributed by atoms with Crippen LogP contribution in [-0.4, -0.2) is 21.9 Å². The van der Waals surface area contributed by atoms with Crippen molar-refractivity contribution in [2.24, 2.45) is 0 Å². The largest absolute Gasteiger partial charge is 0.507 e. The summed E-state index contributed by atoms with van der Waals surface area (Å²) in [5.41, 5.74) is 4.18.